The molecule has 4 atom stereocenters. The quantitative estimate of drug-likeness (QED) is 0.820. The smallest absolute Gasteiger partial charge is 0.410 e. The van der Waals surface area contributed by atoms with Gasteiger partial charge in [0.05, 0.1) is 6.10 Å². The van der Waals surface area contributed by atoms with Gasteiger partial charge in [0, 0.05) is 23.7 Å². The number of ether oxygens (including phenoxy) is 2. The van der Waals surface area contributed by atoms with Crippen LogP contribution in [0, 0.1) is 11.8 Å². The zero-order chi connectivity index (χ0) is 18.2. The number of aliphatic hydroxyl groups is 1. The van der Waals surface area contributed by atoms with Gasteiger partial charge in [-0.1, -0.05) is 29.8 Å². The van der Waals surface area contributed by atoms with Crippen LogP contribution in [0.15, 0.2) is 24.3 Å². The Kier molecular flexibility index (Phi) is 5.28. The molecule has 1 aliphatic carbocycles. The second kappa shape index (κ2) is 7.14. The summed E-state index contributed by atoms with van der Waals surface area (Å²) in [5, 5.41) is 10.8. The zero-order valence-corrected chi connectivity index (χ0v) is 15.7. The summed E-state index contributed by atoms with van der Waals surface area (Å²) < 4.78 is 11.3. The molecule has 2 aliphatic rings. The van der Waals surface area contributed by atoms with Gasteiger partial charge in [0.1, 0.15) is 5.60 Å². The number of benzene rings is 1. The predicted octanol–water partition coefficient (Wildman–Crippen LogP) is 3.99. The van der Waals surface area contributed by atoms with Gasteiger partial charge < -0.3 is 19.5 Å². The Bertz CT molecular complexity index is 616. The maximum absolute atomic E-state index is 12.2. The van der Waals surface area contributed by atoms with E-state index < -0.39 is 11.9 Å². The first kappa shape index (κ1) is 18.5. The fourth-order valence-electron chi connectivity index (χ4n) is 3.76. The van der Waals surface area contributed by atoms with E-state index in [0.29, 0.717) is 35.5 Å². The van der Waals surface area contributed by atoms with Crippen molar-refractivity contribution in [1.29, 1.82) is 0 Å². The van der Waals surface area contributed by atoms with Crippen molar-refractivity contribution in [2.24, 2.45) is 11.8 Å². The van der Waals surface area contributed by atoms with Crippen molar-refractivity contribution >= 4 is 17.7 Å². The van der Waals surface area contributed by atoms with Crippen molar-refractivity contribution in [3.05, 3.63) is 34.9 Å². The lowest BCUT2D eigenvalue weighted by molar-refractivity contribution is -0.139. The number of carbonyl (C=O) groups excluding carboxylic acids is 1. The monoisotopic (exact) mass is 367 g/mol. The fraction of sp³-hybridized carbons (Fsp3) is 0.632. The van der Waals surface area contributed by atoms with E-state index in [4.69, 9.17) is 21.1 Å². The van der Waals surface area contributed by atoms with Gasteiger partial charge in [0.25, 0.3) is 0 Å². The molecule has 0 aromatic heterocycles. The van der Waals surface area contributed by atoms with Gasteiger partial charge >= 0.3 is 6.09 Å². The van der Waals surface area contributed by atoms with Gasteiger partial charge in [-0.05, 0) is 51.5 Å². The molecule has 3 rings (SSSR count). The number of hydrogen-bond acceptors (Lipinski definition) is 4. The molecule has 0 spiro atoms. The molecule has 6 heteroatoms. The molecule has 0 bridgehead atoms. The number of likely N-dealkylation sites (tertiary alicyclic amines) is 1. The standard InChI is InChI=1S/C19H26ClNO4/c1-19(2,3)25-18(23)21-10-12-8-14(9-13(12)11-21)24-17(22)15-6-4-5-7-16(15)20/h4-7,12-14,17,22H,8-11H2,1-3H3/t12-,13+,14?,17?. The summed E-state index contributed by atoms with van der Waals surface area (Å²) in [5.74, 6) is 0.798. The van der Waals surface area contributed by atoms with E-state index in [9.17, 15) is 9.90 Å². The van der Waals surface area contributed by atoms with E-state index in [1.54, 1.807) is 17.0 Å². The first-order valence-corrected chi connectivity index (χ1v) is 9.16. The predicted molar refractivity (Wildman–Crippen MR) is 95.3 cm³/mol. The number of halogens is 1. The number of nitrogens with zero attached hydrogens (tertiary/aromatic N) is 1. The highest BCUT2D eigenvalue weighted by Gasteiger charge is 2.44. The second-order valence-electron chi connectivity index (χ2n) is 8.01. The van der Waals surface area contributed by atoms with Gasteiger partial charge in [0.2, 0.25) is 0 Å². The lowest BCUT2D eigenvalue weighted by Gasteiger charge is -2.25. The molecule has 1 aromatic rings. The summed E-state index contributed by atoms with van der Waals surface area (Å²) in [7, 11) is 0. The van der Waals surface area contributed by atoms with E-state index in [1.807, 2.05) is 32.9 Å². The molecule has 2 unspecified atom stereocenters. The van der Waals surface area contributed by atoms with Gasteiger partial charge in [0.15, 0.2) is 6.29 Å². The number of hydrogen-bond donors (Lipinski definition) is 1. The third-order valence-electron chi connectivity index (χ3n) is 4.85. The molecular formula is C19H26ClNO4. The van der Waals surface area contributed by atoms with E-state index in [1.165, 1.54) is 0 Å². The lowest BCUT2D eigenvalue weighted by Crippen LogP contribution is -2.36. The highest BCUT2D eigenvalue weighted by molar-refractivity contribution is 6.31. The van der Waals surface area contributed by atoms with Crippen LogP contribution in [0.5, 0.6) is 0 Å². The maximum Gasteiger partial charge on any atom is 0.410 e. The van der Waals surface area contributed by atoms with Crippen LogP contribution in [0.2, 0.25) is 5.02 Å². The van der Waals surface area contributed by atoms with Crippen LogP contribution in [0.25, 0.3) is 0 Å². The van der Waals surface area contributed by atoms with E-state index in [2.05, 4.69) is 0 Å². The minimum Gasteiger partial charge on any atom is -0.444 e. The SMILES string of the molecule is CC(C)(C)OC(=O)N1C[C@H]2CC(OC(O)c3ccccc3Cl)C[C@H]2C1. The van der Waals surface area contributed by atoms with Gasteiger partial charge in [-0.25, -0.2) is 4.79 Å². The van der Waals surface area contributed by atoms with Gasteiger partial charge in [-0.2, -0.15) is 0 Å². The minimum absolute atomic E-state index is 0.0120. The summed E-state index contributed by atoms with van der Waals surface area (Å²) in [6.45, 7) is 7.02. The molecule has 5 nitrogen and oxygen atoms in total. The van der Waals surface area contributed by atoms with Crippen molar-refractivity contribution in [3.63, 3.8) is 0 Å². The first-order valence-electron chi connectivity index (χ1n) is 8.79. The van der Waals surface area contributed by atoms with E-state index in [0.717, 1.165) is 12.8 Å². The topological polar surface area (TPSA) is 59.0 Å². The van der Waals surface area contributed by atoms with Crippen molar-refractivity contribution in [2.45, 2.75) is 51.6 Å². The fourth-order valence-corrected chi connectivity index (χ4v) is 3.99. The van der Waals surface area contributed by atoms with Crippen LogP contribution in [0.3, 0.4) is 0 Å². The van der Waals surface area contributed by atoms with E-state index >= 15 is 0 Å². The van der Waals surface area contributed by atoms with Crippen LogP contribution >= 0.6 is 11.6 Å². The largest absolute Gasteiger partial charge is 0.444 e. The first-order chi connectivity index (χ1) is 11.7. The van der Waals surface area contributed by atoms with Gasteiger partial charge in [-0.3, -0.25) is 0 Å². The van der Waals surface area contributed by atoms with Crippen LogP contribution in [-0.4, -0.2) is 40.9 Å². The molecule has 2 fully saturated rings. The molecule has 1 saturated carbocycles. The third kappa shape index (κ3) is 4.46. The van der Waals surface area contributed by atoms with Crippen molar-refractivity contribution in [1.82, 2.24) is 4.90 Å². The summed E-state index contributed by atoms with van der Waals surface area (Å²) in [4.78, 5) is 14.0. The molecule has 1 heterocycles. The Morgan fingerprint density at radius 2 is 1.84 bits per heavy atom. The average Bonchev–Trinajstić information content (AvgIpc) is 3.04. The number of aliphatic hydroxyl groups excluding tert-OH is 1. The Hall–Kier alpha value is -1.30. The number of amides is 1. The summed E-state index contributed by atoms with van der Waals surface area (Å²) >= 11 is 6.11. The molecule has 1 amide bonds. The summed E-state index contributed by atoms with van der Waals surface area (Å²) in [6, 6.07) is 7.16. The minimum atomic E-state index is -1.01. The van der Waals surface area contributed by atoms with Crippen molar-refractivity contribution < 1.29 is 19.4 Å². The Morgan fingerprint density at radius 3 is 2.40 bits per heavy atom. The molecule has 1 saturated heterocycles. The van der Waals surface area contributed by atoms with Crippen LogP contribution in [0.1, 0.15) is 45.5 Å². The zero-order valence-electron chi connectivity index (χ0n) is 14.9. The Balaban J connectivity index is 1.52. The molecule has 25 heavy (non-hydrogen) atoms. The Labute approximate surface area is 153 Å². The van der Waals surface area contributed by atoms with E-state index in [-0.39, 0.29) is 12.2 Å². The molecule has 1 aliphatic heterocycles. The third-order valence-corrected chi connectivity index (χ3v) is 5.20. The van der Waals surface area contributed by atoms with Crippen molar-refractivity contribution in [2.75, 3.05) is 13.1 Å². The van der Waals surface area contributed by atoms with Gasteiger partial charge in [-0.15, -0.1) is 0 Å². The number of fused-ring (bicyclic) bond motifs is 1. The second-order valence-corrected chi connectivity index (χ2v) is 8.42. The van der Waals surface area contributed by atoms with Crippen LogP contribution < -0.4 is 0 Å². The lowest BCUT2D eigenvalue weighted by atomic mass is 10.0. The maximum atomic E-state index is 12.2. The van der Waals surface area contributed by atoms with Crippen molar-refractivity contribution in [3.8, 4) is 0 Å². The molecular weight excluding hydrogens is 342 g/mol. The molecule has 1 N–H and O–H groups in total. The molecule has 1 aromatic carbocycles. The highest BCUT2D eigenvalue weighted by Crippen LogP contribution is 2.41. The summed E-state index contributed by atoms with van der Waals surface area (Å²) in [6.07, 6.45) is 0.411. The molecule has 138 valence electrons. The summed E-state index contributed by atoms with van der Waals surface area (Å²) in [5.41, 5.74) is 0.121. The van der Waals surface area contributed by atoms with Crippen LogP contribution in [-0.2, 0) is 9.47 Å². The number of carbonyl (C=O) groups is 1. The number of rotatable bonds is 3. The van der Waals surface area contributed by atoms with Crippen LogP contribution in [0.4, 0.5) is 4.79 Å². The average molecular weight is 368 g/mol. The Morgan fingerprint density at radius 1 is 1.24 bits per heavy atom. The normalized spacial score (nSPS) is 27.2. The molecule has 0 radical (unpaired) electrons. The highest BCUT2D eigenvalue weighted by atomic mass is 35.5.